The van der Waals surface area contributed by atoms with Crippen molar-refractivity contribution < 1.29 is 23.7 Å². The molecule has 0 rings (SSSR count). The molecule has 0 aromatic carbocycles. The third-order valence-corrected chi connectivity index (χ3v) is 2.15. The van der Waals surface area contributed by atoms with Crippen molar-refractivity contribution in [2.45, 2.75) is 11.5 Å². The molecule has 0 radical (unpaired) electrons. The summed E-state index contributed by atoms with van der Waals surface area (Å²) in [7, 11) is -3.67. The average molecular weight is 170 g/mol. The third kappa shape index (κ3) is 2.61. The van der Waals surface area contributed by atoms with E-state index in [0.717, 1.165) is 6.26 Å². The summed E-state index contributed by atoms with van der Waals surface area (Å²) in [6.07, 6.45) is -0.841. The Bertz CT molecular complexity index is 184. The Morgan fingerprint density at radius 3 is 1.90 bits per heavy atom. The molecular weight excluding hydrogens is 160 g/mol. The van der Waals surface area contributed by atoms with Crippen LogP contribution in [0.3, 0.4) is 0 Å². The van der Waals surface area contributed by atoms with Gasteiger partial charge in [-0.1, -0.05) is 0 Å². The molecule has 6 heteroatoms. The Kier molecular flexibility index (Phi) is 3.23. The average Bonchev–Trinajstić information content (AvgIpc) is 1.83. The fourth-order valence-corrected chi connectivity index (χ4v) is 1.03. The topological polar surface area (TPSA) is 94.8 Å². The summed E-state index contributed by atoms with van der Waals surface area (Å²) in [5, 5.41) is 25.4. The third-order valence-electron chi connectivity index (χ3n) is 0.955. The number of hydrogen-bond acceptors (Lipinski definition) is 5. The Labute approximate surface area is 58.8 Å². The van der Waals surface area contributed by atoms with Crippen molar-refractivity contribution in [1.82, 2.24) is 0 Å². The lowest BCUT2D eigenvalue weighted by Crippen LogP contribution is -2.35. The standard InChI is InChI=1S/C4H10O5S/c1-10(8,9)4(7)3(6)2-5/h3-7H,2H2,1H3. The SMILES string of the molecule is CS(=O)(=O)C(O)C(O)CO. The molecule has 0 aliphatic rings. The maximum Gasteiger partial charge on any atom is 0.183 e. The highest BCUT2D eigenvalue weighted by atomic mass is 32.2. The molecule has 2 unspecified atom stereocenters. The van der Waals surface area contributed by atoms with Crippen LogP contribution in [0, 0.1) is 0 Å². The van der Waals surface area contributed by atoms with E-state index in [1.807, 2.05) is 0 Å². The highest BCUT2D eigenvalue weighted by molar-refractivity contribution is 7.91. The van der Waals surface area contributed by atoms with Crippen LogP contribution in [0.5, 0.6) is 0 Å². The minimum Gasteiger partial charge on any atom is -0.394 e. The Hall–Kier alpha value is -0.170. The summed E-state index contributed by atoms with van der Waals surface area (Å²) < 4.78 is 20.8. The van der Waals surface area contributed by atoms with Crippen molar-refractivity contribution in [2.24, 2.45) is 0 Å². The number of sulfone groups is 1. The zero-order chi connectivity index (χ0) is 8.36. The molecule has 0 spiro atoms. The second kappa shape index (κ2) is 3.29. The summed E-state index contributed by atoms with van der Waals surface area (Å²) >= 11 is 0. The van der Waals surface area contributed by atoms with Gasteiger partial charge in [0, 0.05) is 6.26 Å². The van der Waals surface area contributed by atoms with Crippen molar-refractivity contribution in [1.29, 1.82) is 0 Å². The molecule has 10 heavy (non-hydrogen) atoms. The fraction of sp³-hybridized carbons (Fsp3) is 1.00. The minimum absolute atomic E-state index is 0.770. The molecule has 62 valence electrons. The molecule has 0 aliphatic heterocycles. The van der Waals surface area contributed by atoms with Gasteiger partial charge in [0.2, 0.25) is 0 Å². The predicted molar refractivity (Wildman–Crippen MR) is 33.9 cm³/mol. The molecule has 0 aliphatic carbocycles. The van der Waals surface area contributed by atoms with Crippen LogP contribution in [0.25, 0.3) is 0 Å². The number of rotatable bonds is 3. The van der Waals surface area contributed by atoms with Gasteiger partial charge in [-0.25, -0.2) is 8.42 Å². The van der Waals surface area contributed by atoms with Crippen LogP contribution in [0.1, 0.15) is 0 Å². The minimum atomic E-state index is -3.67. The van der Waals surface area contributed by atoms with Gasteiger partial charge in [-0.3, -0.25) is 0 Å². The summed E-state index contributed by atoms with van der Waals surface area (Å²) in [5.41, 5.74) is -1.89. The highest BCUT2D eigenvalue weighted by Gasteiger charge is 2.24. The molecule has 2 atom stereocenters. The van der Waals surface area contributed by atoms with E-state index in [-0.39, 0.29) is 0 Å². The van der Waals surface area contributed by atoms with Crippen molar-refractivity contribution in [3.8, 4) is 0 Å². The molecule has 0 fully saturated rings. The molecule has 0 heterocycles. The van der Waals surface area contributed by atoms with Gasteiger partial charge >= 0.3 is 0 Å². The lowest BCUT2D eigenvalue weighted by molar-refractivity contribution is 0.0244. The number of hydrogen-bond donors (Lipinski definition) is 3. The van der Waals surface area contributed by atoms with Crippen LogP contribution in [0.4, 0.5) is 0 Å². The van der Waals surface area contributed by atoms with Crippen LogP contribution in [-0.4, -0.2) is 48.1 Å². The van der Waals surface area contributed by atoms with Gasteiger partial charge in [0.25, 0.3) is 0 Å². The van der Waals surface area contributed by atoms with Crippen molar-refractivity contribution >= 4 is 9.84 Å². The van der Waals surface area contributed by atoms with E-state index >= 15 is 0 Å². The number of aliphatic hydroxyl groups excluding tert-OH is 3. The first-order chi connectivity index (χ1) is 4.39. The van der Waals surface area contributed by atoms with Crippen LogP contribution in [0.15, 0.2) is 0 Å². The van der Waals surface area contributed by atoms with Gasteiger partial charge in [-0.2, -0.15) is 0 Å². The van der Waals surface area contributed by atoms with Gasteiger partial charge in [0.15, 0.2) is 15.3 Å². The first-order valence-electron chi connectivity index (χ1n) is 2.55. The van der Waals surface area contributed by atoms with Crippen LogP contribution in [0.2, 0.25) is 0 Å². The van der Waals surface area contributed by atoms with E-state index in [1.54, 1.807) is 0 Å². The molecular formula is C4H10O5S. The van der Waals surface area contributed by atoms with Crippen LogP contribution >= 0.6 is 0 Å². The van der Waals surface area contributed by atoms with Gasteiger partial charge < -0.3 is 15.3 Å². The van der Waals surface area contributed by atoms with E-state index in [2.05, 4.69) is 0 Å². The quantitative estimate of drug-likeness (QED) is 0.443. The molecule has 3 N–H and O–H groups in total. The molecule has 0 aromatic heterocycles. The first kappa shape index (κ1) is 9.83. The Morgan fingerprint density at radius 1 is 1.40 bits per heavy atom. The van der Waals surface area contributed by atoms with E-state index in [4.69, 9.17) is 15.3 Å². The summed E-state index contributed by atoms with van der Waals surface area (Å²) in [6, 6.07) is 0. The van der Waals surface area contributed by atoms with Crippen LogP contribution < -0.4 is 0 Å². The van der Waals surface area contributed by atoms with Crippen molar-refractivity contribution in [3.63, 3.8) is 0 Å². The monoisotopic (exact) mass is 170 g/mol. The van der Waals surface area contributed by atoms with E-state index < -0.39 is 28.0 Å². The second-order valence-electron chi connectivity index (χ2n) is 1.97. The van der Waals surface area contributed by atoms with Crippen molar-refractivity contribution in [2.75, 3.05) is 12.9 Å². The normalized spacial score (nSPS) is 18.4. The van der Waals surface area contributed by atoms with Gasteiger partial charge in [0.1, 0.15) is 6.10 Å². The van der Waals surface area contributed by atoms with E-state index in [1.165, 1.54) is 0 Å². The van der Waals surface area contributed by atoms with Gasteiger partial charge in [0.05, 0.1) is 6.61 Å². The van der Waals surface area contributed by atoms with Crippen LogP contribution in [-0.2, 0) is 9.84 Å². The zero-order valence-electron chi connectivity index (χ0n) is 5.43. The van der Waals surface area contributed by atoms with E-state index in [0.29, 0.717) is 0 Å². The van der Waals surface area contributed by atoms with Gasteiger partial charge in [-0.05, 0) is 0 Å². The molecule has 0 saturated carbocycles. The summed E-state index contributed by atoms with van der Waals surface area (Å²) in [4.78, 5) is 0. The largest absolute Gasteiger partial charge is 0.394 e. The smallest absolute Gasteiger partial charge is 0.183 e. The highest BCUT2D eigenvalue weighted by Crippen LogP contribution is 1.99. The lowest BCUT2D eigenvalue weighted by atomic mass is 10.4. The Morgan fingerprint density at radius 2 is 1.80 bits per heavy atom. The molecule has 0 amide bonds. The van der Waals surface area contributed by atoms with E-state index in [9.17, 15) is 8.42 Å². The number of aliphatic hydroxyl groups is 3. The van der Waals surface area contributed by atoms with Crippen molar-refractivity contribution in [3.05, 3.63) is 0 Å². The fourth-order valence-electron chi connectivity index (χ4n) is 0.376. The molecule has 5 nitrogen and oxygen atoms in total. The Balaban J connectivity index is 4.23. The first-order valence-corrected chi connectivity index (χ1v) is 4.51. The molecule has 0 aromatic rings. The zero-order valence-corrected chi connectivity index (χ0v) is 6.24. The molecule has 0 saturated heterocycles. The second-order valence-corrected chi connectivity index (χ2v) is 4.11. The maximum absolute atomic E-state index is 10.4. The maximum atomic E-state index is 10.4. The molecule has 0 bridgehead atoms. The summed E-state index contributed by atoms with van der Waals surface area (Å²) in [5.74, 6) is 0. The predicted octanol–water partition coefficient (Wildman–Crippen LogP) is -2.30. The lowest BCUT2D eigenvalue weighted by Gasteiger charge is -2.12. The van der Waals surface area contributed by atoms with Gasteiger partial charge in [-0.15, -0.1) is 0 Å². The summed E-state index contributed by atoms with van der Waals surface area (Å²) in [6.45, 7) is -0.770.